The third-order valence-corrected chi connectivity index (χ3v) is 5.37. The van der Waals surface area contributed by atoms with Crippen LogP contribution in [0.4, 0.5) is 5.82 Å². The van der Waals surface area contributed by atoms with E-state index in [4.69, 9.17) is 4.74 Å². The highest BCUT2D eigenvalue weighted by molar-refractivity contribution is 7.15. The molecule has 0 spiro atoms. The maximum atomic E-state index is 12.3. The minimum Gasteiger partial charge on any atom is -0.484 e. The number of amides is 1. The monoisotopic (exact) mass is 396 g/mol. The van der Waals surface area contributed by atoms with E-state index in [1.807, 2.05) is 66.2 Å². The third-order valence-electron chi connectivity index (χ3n) is 3.66. The van der Waals surface area contributed by atoms with Crippen molar-refractivity contribution in [2.75, 3.05) is 11.9 Å². The normalized spacial score (nSPS) is 10.7. The number of hydrogen-bond acceptors (Lipinski definition) is 6. The van der Waals surface area contributed by atoms with Gasteiger partial charge >= 0.3 is 0 Å². The largest absolute Gasteiger partial charge is 0.484 e. The fraction of sp³-hybridized carbons (Fsp3) is 0.105. The first kappa shape index (κ1) is 17.4. The molecule has 0 saturated heterocycles. The van der Waals surface area contributed by atoms with Crippen molar-refractivity contribution in [2.45, 2.75) is 6.92 Å². The first-order chi connectivity index (χ1) is 13.2. The van der Waals surface area contributed by atoms with E-state index in [1.54, 1.807) is 16.0 Å². The molecule has 0 saturated carbocycles. The minimum atomic E-state index is -0.255. The molecule has 4 rings (SSSR count). The van der Waals surface area contributed by atoms with E-state index in [0.29, 0.717) is 16.7 Å². The second kappa shape index (κ2) is 7.73. The smallest absolute Gasteiger partial charge is 0.263 e. The van der Waals surface area contributed by atoms with Crippen LogP contribution in [0.3, 0.4) is 0 Å². The van der Waals surface area contributed by atoms with Crippen LogP contribution in [-0.2, 0) is 4.79 Å². The molecule has 0 radical (unpaired) electrons. The van der Waals surface area contributed by atoms with E-state index in [9.17, 15) is 4.79 Å². The molecular weight excluding hydrogens is 380 g/mol. The standard InChI is InChI=1S/C19H16N4O2S2/c1-13-10-17(21-18(24)11-25-14-6-3-2-4-7-14)23(22-13)19-20-15(12-27-19)16-8-5-9-26-16/h2-10,12H,11H2,1H3,(H,21,24). The number of benzene rings is 1. The number of thiazole rings is 1. The van der Waals surface area contributed by atoms with E-state index in [2.05, 4.69) is 15.4 Å². The van der Waals surface area contributed by atoms with E-state index in [1.165, 1.54) is 11.3 Å². The second-order valence-corrected chi connectivity index (χ2v) is 7.51. The van der Waals surface area contributed by atoms with Crippen LogP contribution in [-0.4, -0.2) is 27.3 Å². The molecule has 0 fully saturated rings. The van der Waals surface area contributed by atoms with Crippen molar-refractivity contribution >= 4 is 34.4 Å². The van der Waals surface area contributed by atoms with Gasteiger partial charge in [0, 0.05) is 11.4 Å². The van der Waals surface area contributed by atoms with Crippen LogP contribution in [0, 0.1) is 6.92 Å². The Bertz CT molecular complexity index is 1040. The number of nitrogens with zero attached hydrogens (tertiary/aromatic N) is 3. The maximum Gasteiger partial charge on any atom is 0.263 e. The molecule has 0 atom stereocenters. The van der Waals surface area contributed by atoms with Crippen molar-refractivity contribution in [3.05, 3.63) is 65.0 Å². The summed E-state index contributed by atoms with van der Waals surface area (Å²) in [6.07, 6.45) is 0. The molecule has 136 valence electrons. The first-order valence-corrected chi connectivity index (χ1v) is 9.99. The van der Waals surface area contributed by atoms with E-state index in [-0.39, 0.29) is 12.5 Å². The van der Waals surface area contributed by atoms with E-state index in [0.717, 1.165) is 16.3 Å². The summed E-state index contributed by atoms with van der Waals surface area (Å²) in [7, 11) is 0. The number of aryl methyl sites for hydroxylation is 1. The average molecular weight is 396 g/mol. The Labute approximate surface area is 164 Å². The van der Waals surface area contributed by atoms with Gasteiger partial charge in [-0.3, -0.25) is 4.79 Å². The molecule has 0 aliphatic carbocycles. The van der Waals surface area contributed by atoms with Crippen LogP contribution in [0.5, 0.6) is 5.75 Å². The molecule has 3 aromatic heterocycles. The van der Waals surface area contributed by atoms with Gasteiger partial charge in [0.05, 0.1) is 16.3 Å². The predicted molar refractivity (Wildman–Crippen MR) is 108 cm³/mol. The van der Waals surface area contributed by atoms with Crippen molar-refractivity contribution in [1.82, 2.24) is 14.8 Å². The Kier molecular flexibility index (Phi) is 4.99. The maximum absolute atomic E-state index is 12.3. The van der Waals surface area contributed by atoms with Gasteiger partial charge in [-0.15, -0.1) is 22.7 Å². The van der Waals surface area contributed by atoms with Gasteiger partial charge in [0.1, 0.15) is 11.6 Å². The minimum absolute atomic E-state index is 0.0768. The number of carbonyl (C=O) groups excluding carboxylic acids is 1. The van der Waals surface area contributed by atoms with Gasteiger partial charge < -0.3 is 10.1 Å². The Morgan fingerprint density at radius 2 is 2.04 bits per heavy atom. The van der Waals surface area contributed by atoms with Gasteiger partial charge in [-0.1, -0.05) is 24.3 Å². The van der Waals surface area contributed by atoms with Crippen molar-refractivity contribution in [2.24, 2.45) is 0 Å². The highest BCUT2D eigenvalue weighted by atomic mass is 32.1. The number of aromatic nitrogens is 3. The Balaban J connectivity index is 1.49. The zero-order valence-electron chi connectivity index (χ0n) is 14.5. The zero-order valence-corrected chi connectivity index (χ0v) is 16.1. The number of hydrogen-bond donors (Lipinski definition) is 1. The van der Waals surface area contributed by atoms with Crippen molar-refractivity contribution in [3.8, 4) is 21.5 Å². The molecule has 3 heterocycles. The molecule has 4 aromatic rings. The lowest BCUT2D eigenvalue weighted by Crippen LogP contribution is -2.21. The van der Waals surface area contributed by atoms with Crippen molar-refractivity contribution < 1.29 is 9.53 Å². The molecule has 1 aromatic carbocycles. The van der Waals surface area contributed by atoms with Crippen LogP contribution in [0.15, 0.2) is 59.3 Å². The fourth-order valence-electron chi connectivity index (χ4n) is 2.48. The van der Waals surface area contributed by atoms with Gasteiger partial charge in [0.15, 0.2) is 6.61 Å². The fourth-order valence-corrected chi connectivity index (χ4v) is 4.03. The second-order valence-electron chi connectivity index (χ2n) is 5.73. The number of thiophene rings is 1. The van der Waals surface area contributed by atoms with Crippen molar-refractivity contribution in [3.63, 3.8) is 0 Å². The van der Waals surface area contributed by atoms with E-state index < -0.39 is 0 Å². The molecule has 0 aliphatic heterocycles. The summed E-state index contributed by atoms with van der Waals surface area (Å²) < 4.78 is 7.14. The lowest BCUT2D eigenvalue weighted by Gasteiger charge is -2.08. The zero-order chi connectivity index (χ0) is 18.6. The molecule has 8 heteroatoms. The lowest BCUT2D eigenvalue weighted by molar-refractivity contribution is -0.118. The van der Waals surface area contributed by atoms with Gasteiger partial charge in [-0.05, 0) is 30.5 Å². The highest BCUT2D eigenvalue weighted by Gasteiger charge is 2.15. The summed E-state index contributed by atoms with van der Waals surface area (Å²) in [4.78, 5) is 18.0. The molecule has 0 unspecified atom stereocenters. The molecule has 1 N–H and O–H groups in total. The summed E-state index contributed by atoms with van der Waals surface area (Å²) in [5.74, 6) is 0.967. The first-order valence-electron chi connectivity index (χ1n) is 8.23. The number of anilines is 1. The Morgan fingerprint density at radius 1 is 1.19 bits per heavy atom. The van der Waals surface area contributed by atoms with Gasteiger partial charge in [0.2, 0.25) is 5.13 Å². The number of nitrogens with one attached hydrogen (secondary N) is 1. The predicted octanol–water partition coefficient (Wildman–Crippen LogP) is 4.38. The van der Waals surface area contributed by atoms with Crippen LogP contribution in [0.1, 0.15) is 5.69 Å². The lowest BCUT2D eigenvalue weighted by atomic mass is 10.3. The van der Waals surface area contributed by atoms with Crippen molar-refractivity contribution in [1.29, 1.82) is 0 Å². The molecular formula is C19H16N4O2S2. The summed E-state index contributed by atoms with van der Waals surface area (Å²) in [5, 5.41) is 12.0. The van der Waals surface area contributed by atoms with Gasteiger partial charge in [0.25, 0.3) is 5.91 Å². The Hall–Kier alpha value is -2.97. The summed E-state index contributed by atoms with van der Waals surface area (Å²) in [6.45, 7) is 1.80. The summed E-state index contributed by atoms with van der Waals surface area (Å²) in [5.41, 5.74) is 1.70. The molecule has 6 nitrogen and oxygen atoms in total. The number of ether oxygens (including phenoxy) is 1. The Morgan fingerprint density at radius 3 is 2.81 bits per heavy atom. The quantitative estimate of drug-likeness (QED) is 0.525. The van der Waals surface area contributed by atoms with Crippen LogP contribution in [0.2, 0.25) is 0 Å². The number of rotatable bonds is 6. The number of para-hydroxylation sites is 1. The highest BCUT2D eigenvalue weighted by Crippen LogP contribution is 2.29. The average Bonchev–Trinajstić information content (AvgIpc) is 3.41. The van der Waals surface area contributed by atoms with E-state index >= 15 is 0 Å². The molecule has 27 heavy (non-hydrogen) atoms. The molecule has 0 aliphatic rings. The van der Waals surface area contributed by atoms with Gasteiger partial charge in [-0.2, -0.15) is 9.78 Å². The van der Waals surface area contributed by atoms with Crippen LogP contribution < -0.4 is 10.1 Å². The molecule has 0 bridgehead atoms. The number of carbonyl (C=O) groups is 1. The molecule has 1 amide bonds. The third kappa shape index (κ3) is 4.07. The summed E-state index contributed by atoms with van der Waals surface area (Å²) in [6, 6.07) is 15.1. The summed E-state index contributed by atoms with van der Waals surface area (Å²) >= 11 is 3.12. The SMILES string of the molecule is Cc1cc(NC(=O)COc2ccccc2)n(-c2nc(-c3cccs3)cs2)n1. The van der Waals surface area contributed by atoms with Crippen LogP contribution in [0.25, 0.3) is 15.7 Å². The van der Waals surface area contributed by atoms with Gasteiger partial charge in [-0.25, -0.2) is 4.98 Å². The topological polar surface area (TPSA) is 69.0 Å². The van der Waals surface area contributed by atoms with Crippen LogP contribution >= 0.6 is 22.7 Å².